The zero-order valence-corrected chi connectivity index (χ0v) is 15.7. The molecule has 0 aromatic heterocycles. The Labute approximate surface area is 138 Å². The van der Waals surface area contributed by atoms with Gasteiger partial charge in [-0.05, 0) is 32.4 Å². The van der Waals surface area contributed by atoms with Gasteiger partial charge in [-0.2, -0.15) is 0 Å². The van der Waals surface area contributed by atoms with Crippen molar-refractivity contribution in [2.24, 2.45) is 11.8 Å². The Bertz CT molecular complexity index is 236. The highest BCUT2D eigenvalue weighted by molar-refractivity contribution is 4.74. The molecule has 22 heavy (non-hydrogen) atoms. The number of methoxy groups -OCH3 is 3. The molecule has 0 aliphatic carbocycles. The zero-order valence-electron chi connectivity index (χ0n) is 15.7. The van der Waals surface area contributed by atoms with Crippen molar-refractivity contribution in [3.63, 3.8) is 0 Å². The maximum absolute atomic E-state index is 5.61. The molecule has 0 aromatic carbocycles. The predicted molar refractivity (Wildman–Crippen MR) is 92.9 cm³/mol. The standard InChI is InChI=1S/C18H39NO3/c1-7-8-9-10-11-12-13-17(14-16(2)15-19-3)18(20-4,21-5)22-6/h16-17,19H,7-15H2,1-6H3. The SMILES string of the molecule is CCCCCCCCC(CC(C)CNC)C(OC)(OC)OC. The summed E-state index contributed by atoms with van der Waals surface area (Å²) in [6.07, 6.45) is 9.92. The minimum atomic E-state index is -0.911. The molecule has 0 aliphatic heterocycles. The average Bonchev–Trinajstić information content (AvgIpc) is 2.52. The van der Waals surface area contributed by atoms with Crippen LogP contribution >= 0.6 is 0 Å². The van der Waals surface area contributed by atoms with E-state index in [9.17, 15) is 0 Å². The van der Waals surface area contributed by atoms with E-state index < -0.39 is 5.97 Å². The van der Waals surface area contributed by atoms with Gasteiger partial charge in [0.25, 0.3) is 5.97 Å². The summed E-state index contributed by atoms with van der Waals surface area (Å²) in [7, 11) is 7.01. The van der Waals surface area contributed by atoms with Crippen LogP contribution in [-0.4, -0.2) is 40.9 Å². The molecule has 134 valence electrons. The molecule has 0 rings (SSSR count). The van der Waals surface area contributed by atoms with Crippen molar-refractivity contribution in [1.82, 2.24) is 5.32 Å². The van der Waals surface area contributed by atoms with Crippen LogP contribution < -0.4 is 5.32 Å². The van der Waals surface area contributed by atoms with Crippen molar-refractivity contribution in [1.29, 1.82) is 0 Å². The Balaban J connectivity index is 4.51. The van der Waals surface area contributed by atoms with Crippen molar-refractivity contribution in [2.45, 2.75) is 71.2 Å². The third-order valence-corrected chi connectivity index (χ3v) is 4.50. The summed E-state index contributed by atoms with van der Waals surface area (Å²) in [5.41, 5.74) is 0. The van der Waals surface area contributed by atoms with Gasteiger partial charge >= 0.3 is 0 Å². The maximum Gasteiger partial charge on any atom is 0.285 e. The third kappa shape index (κ3) is 7.91. The van der Waals surface area contributed by atoms with Gasteiger partial charge in [0.15, 0.2) is 0 Å². The molecule has 0 spiro atoms. The van der Waals surface area contributed by atoms with E-state index in [4.69, 9.17) is 14.2 Å². The molecule has 0 saturated heterocycles. The maximum atomic E-state index is 5.61. The highest BCUT2D eigenvalue weighted by Crippen LogP contribution is 2.33. The summed E-state index contributed by atoms with van der Waals surface area (Å²) < 4.78 is 16.8. The van der Waals surface area contributed by atoms with Crippen LogP contribution in [0, 0.1) is 11.8 Å². The fraction of sp³-hybridized carbons (Fsp3) is 1.00. The number of hydrogen-bond donors (Lipinski definition) is 1. The number of hydrogen-bond acceptors (Lipinski definition) is 4. The molecule has 0 bridgehead atoms. The van der Waals surface area contributed by atoms with Gasteiger partial charge in [-0.15, -0.1) is 0 Å². The first kappa shape index (κ1) is 21.8. The van der Waals surface area contributed by atoms with Gasteiger partial charge < -0.3 is 19.5 Å². The van der Waals surface area contributed by atoms with Gasteiger partial charge in [0, 0.05) is 27.2 Å². The molecular weight excluding hydrogens is 278 g/mol. The minimum Gasteiger partial charge on any atom is -0.331 e. The predicted octanol–water partition coefficient (Wildman–Crippen LogP) is 4.19. The van der Waals surface area contributed by atoms with Gasteiger partial charge in [0.1, 0.15) is 0 Å². The van der Waals surface area contributed by atoms with E-state index >= 15 is 0 Å². The molecule has 1 N–H and O–H groups in total. The number of nitrogens with one attached hydrogen (secondary N) is 1. The quantitative estimate of drug-likeness (QED) is 0.363. The lowest BCUT2D eigenvalue weighted by atomic mass is 9.88. The van der Waals surface area contributed by atoms with Gasteiger partial charge in [0.2, 0.25) is 0 Å². The van der Waals surface area contributed by atoms with Crippen molar-refractivity contribution >= 4 is 0 Å². The summed E-state index contributed by atoms with van der Waals surface area (Å²) in [6, 6.07) is 0. The van der Waals surface area contributed by atoms with E-state index in [1.165, 1.54) is 38.5 Å². The van der Waals surface area contributed by atoms with Crippen molar-refractivity contribution in [3.05, 3.63) is 0 Å². The first-order chi connectivity index (χ1) is 10.6. The molecule has 2 atom stereocenters. The zero-order chi connectivity index (χ0) is 16.8. The fourth-order valence-electron chi connectivity index (χ4n) is 3.28. The molecule has 0 heterocycles. The Morgan fingerprint density at radius 2 is 1.45 bits per heavy atom. The number of rotatable bonds is 15. The molecule has 0 amide bonds. The van der Waals surface area contributed by atoms with E-state index in [1.807, 2.05) is 7.05 Å². The summed E-state index contributed by atoms with van der Waals surface area (Å²) in [5.74, 6) is -0.0947. The van der Waals surface area contributed by atoms with Crippen LogP contribution in [-0.2, 0) is 14.2 Å². The normalized spacial score (nSPS) is 15.0. The number of ether oxygens (including phenoxy) is 3. The van der Waals surface area contributed by atoms with E-state index in [2.05, 4.69) is 19.2 Å². The summed E-state index contributed by atoms with van der Waals surface area (Å²) in [6.45, 7) is 5.51. The monoisotopic (exact) mass is 317 g/mol. The van der Waals surface area contributed by atoms with Crippen LogP contribution in [0.4, 0.5) is 0 Å². The molecule has 0 aliphatic rings. The van der Waals surface area contributed by atoms with E-state index in [0.717, 1.165) is 19.4 Å². The van der Waals surface area contributed by atoms with Gasteiger partial charge in [-0.25, -0.2) is 0 Å². The summed E-state index contributed by atoms with van der Waals surface area (Å²) in [5, 5.41) is 3.25. The smallest absolute Gasteiger partial charge is 0.285 e. The topological polar surface area (TPSA) is 39.7 Å². The molecule has 0 aromatic rings. The molecule has 4 heteroatoms. The average molecular weight is 318 g/mol. The largest absolute Gasteiger partial charge is 0.331 e. The second-order valence-corrected chi connectivity index (χ2v) is 6.37. The summed E-state index contributed by atoms with van der Waals surface area (Å²) in [4.78, 5) is 0. The van der Waals surface area contributed by atoms with Gasteiger partial charge in [0.05, 0.1) is 0 Å². The second-order valence-electron chi connectivity index (χ2n) is 6.37. The Morgan fingerprint density at radius 1 is 0.909 bits per heavy atom. The van der Waals surface area contributed by atoms with E-state index in [0.29, 0.717) is 5.92 Å². The lowest BCUT2D eigenvalue weighted by Crippen LogP contribution is -2.45. The fourth-order valence-corrected chi connectivity index (χ4v) is 3.28. The first-order valence-corrected chi connectivity index (χ1v) is 8.90. The molecule has 0 radical (unpaired) electrons. The van der Waals surface area contributed by atoms with Crippen molar-refractivity contribution in [3.8, 4) is 0 Å². The van der Waals surface area contributed by atoms with Crippen LogP contribution in [0.2, 0.25) is 0 Å². The van der Waals surface area contributed by atoms with Crippen LogP contribution in [0.25, 0.3) is 0 Å². The van der Waals surface area contributed by atoms with Crippen LogP contribution in [0.1, 0.15) is 65.2 Å². The lowest BCUT2D eigenvalue weighted by Gasteiger charge is -2.37. The molecule has 4 nitrogen and oxygen atoms in total. The Morgan fingerprint density at radius 3 is 1.95 bits per heavy atom. The van der Waals surface area contributed by atoms with E-state index in [-0.39, 0.29) is 5.92 Å². The van der Waals surface area contributed by atoms with Crippen LogP contribution in [0.5, 0.6) is 0 Å². The third-order valence-electron chi connectivity index (χ3n) is 4.50. The van der Waals surface area contributed by atoms with Crippen LogP contribution in [0.15, 0.2) is 0 Å². The Kier molecular flexibility index (Phi) is 13.2. The van der Waals surface area contributed by atoms with E-state index in [1.54, 1.807) is 21.3 Å². The van der Waals surface area contributed by atoms with Gasteiger partial charge in [-0.1, -0.05) is 52.4 Å². The molecular formula is C18H39NO3. The minimum absolute atomic E-state index is 0.252. The van der Waals surface area contributed by atoms with Crippen LogP contribution in [0.3, 0.4) is 0 Å². The highest BCUT2D eigenvalue weighted by atomic mass is 16.9. The highest BCUT2D eigenvalue weighted by Gasteiger charge is 2.40. The molecule has 0 saturated carbocycles. The second kappa shape index (κ2) is 13.3. The van der Waals surface area contributed by atoms with Gasteiger partial charge in [-0.3, -0.25) is 0 Å². The molecule has 2 unspecified atom stereocenters. The number of unbranched alkanes of at least 4 members (excludes halogenated alkanes) is 5. The lowest BCUT2D eigenvalue weighted by molar-refractivity contribution is -0.381. The Hall–Kier alpha value is -0.160. The summed E-state index contributed by atoms with van der Waals surface area (Å²) >= 11 is 0. The van der Waals surface area contributed by atoms with Crippen molar-refractivity contribution in [2.75, 3.05) is 34.9 Å². The van der Waals surface area contributed by atoms with Crippen molar-refractivity contribution < 1.29 is 14.2 Å². The first-order valence-electron chi connectivity index (χ1n) is 8.90. The molecule has 0 fully saturated rings.